The number of rotatable bonds is 0. The fraction of sp³-hybridized carbons (Fsp3) is 0. The zero-order chi connectivity index (χ0) is 0. The van der Waals surface area contributed by atoms with E-state index in [1.807, 2.05) is 0 Å². The fourth-order valence-corrected chi connectivity index (χ4v) is 0. The van der Waals surface area contributed by atoms with Crippen molar-refractivity contribution in [3.05, 3.63) is 0 Å². The predicted octanol–water partition coefficient (Wildman–Crippen LogP) is -1.43. The first-order chi connectivity index (χ1) is 0. The van der Waals surface area contributed by atoms with Gasteiger partial charge in [-0.1, -0.05) is 0 Å². The van der Waals surface area contributed by atoms with E-state index in [2.05, 4.69) is 0 Å². The molecule has 0 heterocycles. The molecule has 0 spiro atoms. The van der Waals surface area contributed by atoms with Gasteiger partial charge in [0, 0.05) is 63.2 Å². The van der Waals surface area contributed by atoms with Crippen LogP contribution in [0.5, 0.6) is 0 Å². The summed E-state index contributed by atoms with van der Waals surface area (Å²) in [7, 11) is 0. The predicted molar refractivity (Wildman–Crippen MR) is 8.24 cm³/mol. The molecule has 116 valence electrons. The largest absolute Gasteiger partial charge is 3.00 e. The molecular formula is Ce2Mo3O12-18. The topological polar surface area (TPSA) is 342 Å². The van der Waals surface area contributed by atoms with Crippen LogP contribution in [0.25, 0.3) is 0 Å². The average molecular weight is 760 g/mol. The molecule has 0 aromatic carbocycles. The SMILES string of the molecule is [Ce+3].[Ce+3].[Mo].[Mo].[Mo].[O-2].[O-2].[O-2].[O-2].[O-2].[O-2].[O-2].[O-2].[O-2].[O-2].[O-2].[O-2]. The van der Waals surface area contributed by atoms with E-state index >= 15 is 0 Å². The van der Waals surface area contributed by atoms with E-state index in [0.717, 1.165) is 0 Å². The van der Waals surface area contributed by atoms with Crippen LogP contribution in [-0.4, -0.2) is 0 Å². The van der Waals surface area contributed by atoms with Crippen LogP contribution in [0.15, 0.2) is 0 Å². The van der Waals surface area contributed by atoms with Gasteiger partial charge in [-0.3, -0.25) is 0 Å². The summed E-state index contributed by atoms with van der Waals surface area (Å²) in [6.07, 6.45) is 0. The quantitative estimate of drug-likeness (QED) is 0.256. The van der Waals surface area contributed by atoms with E-state index in [-0.39, 0.29) is 212 Å². The Morgan fingerprint density at radius 2 is 0.176 bits per heavy atom. The Kier molecular flexibility index (Phi) is 11100. The van der Waals surface area contributed by atoms with E-state index in [4.69, 9.17) is 0 Å². The van der Waals surface area contributed by atoms with Crippen molar-refractivity contribution in [1.29, 1.82) is 0 Å². The summed E-state index contributed by atoms with van der Waals surface area (Å²) < 4.78 is 0. The van der Waals surface area contributed by atoms with E-state index in [1.54, 1.807) is 0 Å². The number of hydrogen-bond donors (Lipinski definition) is 0. The monoisotopic (exact) mass is 765 g/mol. The van der Waals surface area contributed by atoms with Gasteiger partial charge in [0.05, 0.1) is 0 Å². The molecule has 0 aromatic rings. The number of hydrogen-bond acceptors (Lipinski definition) is 0. The van der Waals surface area contributed by atoms with Crippen molar-refractivity contribution in [3.63, 3.8) is 0 Å². The van der Waals surface area contributed by atoms with Crippen molar-refractivity contribution < 1.29 is 212 Å². The van der Waals surface area contributed by atoms with Crippen LogP contribution in [0, 0.1) is 83.5 Å². The van der Waals surface area contributed by atoms with Gasteiger partial charge in [-0.05, 0) is 0 Å². The molecule has 12 nitrogen and oxygen atoms in total. The van der Waals surface area contributed by atoms with Gasteiger partial charge in [-0.2, -0.15) is 0 Å². The summed E-state index contributed by atoms with van der Waals surface area (Å²) in [5.74, 6) is 0. The average Bonchev–Trinajstić information content (AvgIpc) is 0. The molecule has 0 aliphatic carbocycles. The molecule has 0 N–H and O–H groups in total. The Bertz CT molecular complexity index is 19.7. The first kappa shape index (κ1) is 469. The first-order valence-electron chi connectivity index (χ1n) is 0. The summed E-state index contributed by atoms with van der Waals surface area (Å²) >= 11 is 0. The van der Waals surface area contributed by atoms with Crippen LogP contribution in [-0.2, 0) is 129 Å². The Labute approximate surface area is 208 Å². The molecule has 0 rings (SSSR count). The van der Waals surface area contributed by atoms with Crippen LogP contribution in [0.4, 0.5) is 0 Å². The molecule has 0 fully saturated rings. The zero-order valence-corrected chi connectivity index (χ0v) is 19.4. The molecule has 17 heteroatoms. The van der Waals surface area contributed by atoms with E-state index in [1.165, 1.54) is 0 Å². The van der Waals surface area contributed by atoms with Crippen molar-refractivity contribution in [1.82, 2.24) is 0 Å². The third-order valence-electron chi connectivity index (χ3n) is 0. The Morgan fingerprint density at radius 1 is 0.176 bits per heavy atom. The van der Waals surface area contributed by atoms with Gasteiger partial charge in [-0.25, -0.2) is 0 Å². The maximum absolute atomic E-state index is 0. The van der Waals surface area contributed by atoms with Crippen molar-refractivity contribution in [3.8, 4) is 0 Å². The molecule has 0 atom stereocenters. The van der Waals surface area contributed by atoms with Crippen molar-refractivity contribution in [2.24, 2.45) is 0 Å². The van der Waals surface area contributed by atoms with Gasteiger partial charge in [0.15, 0.2) is 0 Å². The zero-order valence-electron chi connectivity index (χ0n) is 7.12. The van der Waals surface area contributed by atoms with Crippen LogP contribution in [0.2, 0.25) is 0 Å². The minimum atomic E-state index is 0. The van der Waals surface area contributed by atoms with Crippen molar-refractivity contribution in [2.75, 3.05) is 0 Å². The maximum atomic E-state index is 0. The second-order valence-corrected chi connectivity index (χ2v) is 0. The van der Waals surface area contributed by atoms with Gasteiger partial charge in [0.2, 0.25) is 0 Å². The smallest absolute Gasteiger partial charge is 2.00 e. The summed E-state index contributed by atoms with van der Waals surface area (Å²) in [6, 6.07) is 0. The molecule has 0 aliphatic heterocycles. The van der Waals surface area contributed by atoms with Crippen LogP contribution < -0.4 is 0 Å². The minimum absolute atomic E-state index is 0. The van der Waals surface area contributed by atoms with Gasteiger partial charge >= 0.3 is 83.5 Å². The molecule has 0 saturated heterocycles. The van der Waals surface area contributed by atoms with Crippen molar-refractivity contribution >= 4 is 0 Å². The molecule has 0 saturated carbocycles. The standard InChI is InChI=1S/2Ce.3Mo.12O/q2*+3;;;;12*-2. The molecule has 0 amide bonds. The van der Waals surface area contributed by atoms with Crippen LogP contribution in [0.3, 0.4) is 0 Å². The third-order valence-corrected chi connectivity index (χ3v) is 0. The summed E-state index contributed by atoms with van der Waals surface area (Å²) in [5.41, 5.74) is 0. The van der Waals surface area contributed by atoms with Gasteiger partial charge in [-0.15, -0.1) is 0 Å². The minimum Gasteiger partial charge on any atom is -2.00 e. The molecule has 17 heavy (non-hydrogen) atoms. The third kappa shape index (κ3) is 363. The van der Waals surface area contributed by atoms with Crippen molar-refractivity contribution in [2.45, 2.75) is 0 Å². The Hall–Kier alpha value is 4.34. The van der Waals surface area contributed by atoms with E-state index < -0.39 is 0 Å². The normalized spacial score (nSPS) is 0. The second-order valence-electron chi connectivity index (χ2n) is 0. The van der Waals surface area contributed by atoms with E-state index in [9.17, 15) is 0 Å². The molecule has 0 aromatic heterocycles. The maximum Gasteiger partial charge on any atom is 3.00 e. The molecule has 0 bridgehead atoms. The Morgan fingerprint density at radius 3 is 0.176 bits per heavy atom. The molecule has 0 aliphatic rings. The molecule has 2 radical (unpaired) electrons. The van der Waals surface area contributed by atoms with Crippen LogP contribution in [0.1, 0.15) is 0 Å². The van der Waals surface area contributed by atoms with Gasteiger partial charge in [0.1, 0.15) is 0 Å². The summed E-state index contributed by atoms with van der Waals surface area (Å²) in [4.78, 5) is 0. The first-order valence-corrected chi connectivity index (χ1v) is 0. The van der Waals surface area contributed by atoms with Gasteiger partial charge in [0.25, 0.3) is 0 Å². The summed E-state index contributed by atoms with van der Waals surface area (Å²) in [5, 5.41) is 0. The molecule has 0 unspecified atom stereocenters. The van der Waals surface area contributed by atoms with E-state index in [0.29, 0.717) is 0 Å². The van der Waals surface area contributed by atoms with Crippen LogP contribution >= 0.6 is 0 Å². The fourth-order valence-electron chi connectivity index (χ4n) is 0. The second kappa shape index (κ2) is 404. The van der Waals surface area contributed by atoms with Gasteiger partial charge < -0.3 is 65.7 Å². The molecular weight excluding hydrogens is 760 g/mol. The Balaban J connectivity index is 0. The summed E-state index contributed by atoms with van der Waals surface area (Å²) in [6.45, 7) is 0.